The Balaban J connectivity index is 1.89. The van der Waals surface area contributed by atoms with Crippen molar-refractivity contribution < 1.29 is 32.6 Å². The van der Waals surface area contributed by atoms with Crippen LogP contribution in [0.15, 0.2) is 54.6 Å². The lowest BCUT2D eigenvalue weighted by Crippen LogP contribution is -2.66. The molecule has 0 saturated carbocycles. The van der Waals surface area contributed by atoms with Crippen LogP contribution in [0.25, 0.3) is 10.8 Å². The first-order chi connectivity index (χ1) is 14.9. The van der Waals surface area contributed by atoms with Gasteiger partial charge < -0.3 is 15.5 Å². The maximum Gasteiger partial charge on any atom is 0.418 e. The molecule has 0 heterocycles. The molecule has 4 nitrogen and oxygen atoms in total. The number of aliphatic hydroxyl groups is 1. The molecule has 0 bridgehead atoms. The zero-order chi connectivity index (χ0) is 23.5. The van der Waals surface area contributed by atoms with Gasteiger partial charge in [-0.1, -0.05) is 50.2 Å². The van der Waals surface area contributed by atoms with Gasteiger partial charge in [-0.2, -0.15) is 13.2 Å². The number of halogens is 4. The zero-order valence-corrected chi connectivity index (χ0v) is 17.3. The molecule has 8 heteroatoms. The Hall–Kier alpha value is -3.13. The number of rotatable bonds is 2. The quantitative estimate of drug-likeness (QED) is 0.489. The van der Waals surface area contributed by atoms with Crippen LogP contribution in [-0.4, -0.2) is 28.4 Å². The number of benzene rings is 3. The summed E-state index contributed by atoms with van der Waals surface area (Å²) in [5.74, 6) is -3.06. The third-order valence-corrected chi connectivity index (χ3v) is 6.20. The molecule has 2 atom stereocenters. The molecular formula is C24H21F4NO3. The number of aliphatic hydroxyl groups excluding tert-OH is 1. The molecule has 168 valence electrons. The second-order valence-electron chi connectivity index (χ2n) is 8.74. The minimum atomic E-state index is -5.14. The van der Waals surface area contributed by atoms with Crippen molar-refractivity contribution in [2.24, 2.45) is 0 Å². The number of nitrogens with one attached hydrogen (secondary N) is 1. The minimum absolute atomic E-state index is 0.0303. The molecular weight excluding hydrogens is 426 g/mol. The molecule has 0 fully saturated rings. The monoisotopic (exact) mass is 447 g/mol. The Labute approximate surface area is 181 Å². The Morgan fingerprint density at radius 2 is 1.72 bits per heavy atom. The van der Waals surface area contributed by atoms with Crippen LogP contribution in [-0.2, 0) is 11.0 Å². The van der Waals surface area contributed by atoms with E-state index in [-0.39, 0.29) is 11.1 Å². The Bertz CT molecular complexity index is 1220. The van der Waals surface area contributed by atoms with Gasteiger partial charge in [-0.15, -0.1) is 0 Å². The summed E-state index contributed by atoms with van der Waals surface area (Å²) in [5.41, 5.74) is -5.31. The van der Waals surface area contributed by atoms with E-state index in [1.165, 1.54) is 26.0 Å². The van der Waals surface area contributed by atoms with Crippen LogP contribution in [0.3, 0.4) is 0 Å². The molecule has 1 aliphatic rings. The number of phenolic OH excluding ortho intramolecular Hbond substituents is 1. The van der Waals surface area contributed by atoms with Crippen LogP contribution in [0.1, 0.15) is 41.8 Å². The number of carbonyl (C=O) groups excluding carboxylic acids is 1. The van der Waals surface area contributed by atoms with Crippen molar-refractivity contribution in [1.29, 1.82) is 0 Å². The van der Waals surface area contributed by atoms with Crippen LogP contribution in [0.4, 0.5) is 17.6 Å². The van der Waals surface area contributed by atoms with E-state index in [1.807, 2.05) is 5.32 Å². The smallest absolute Gasteiger partial charge is 0.418 e. The molecule has 0 saturated heterocycles. The van der Waals surface area contributed by atoms with Gasteiger partial charge in [0.05, 0.1) is 6.10 Å². The van der Waals surface area contributed by atoms with Gasteiger partial charge in [0.15, 0.2) is 17.1 Å². The molecule has 3 aromatic rings. The fraction of sp³-hybridized carbons (Fsp3) is 0.292. The molecule has 1 amide bonds. The van der Waals surface area contributed by atoms with Gasteiger partial charge in [0, 0.05) is 11.1 Å². The van der Waals surface area contributed by atoms with Crippen molar-refractivity contribution in [2.45, 2.75) is 43.5 Å². The molecule has 0 radical (unpaired) electrons. The summed E-state index contributed by atoms with van der Waals surface area (Å²) in [6.07, 6.45) is -7.68. The molecule has 3 N–H and O–H groups in total. The highest BCUT2D eigenvalue weighted by Gasteiger charge is 2.66. The highest BCUT2D eigenvalue weighted by Crippen LogP contribution is 2.54. The van der Waals surface area contributed by atoms with E-state index in [1.54, 1.807) is 30.3 Å². The molecule has 4 rings (SSSR count). The van der Waals surface area contributed by atoms with Gasteiger partial charge in [-0.05, 0) is 46.4 Å². The number of aromatic hydroxyl groups is 1. The molecule has 3 aromatic carbocycles. The van der Waals surface area contributed by atoms with Crippen molar-refractivity contribution >= 4 is 16.7 Å². The number of amides is 1. The van der Waals surface area contributed by atoms with Crippen molar-refractivity contribution in [3.63, 3.8) is 0 Å². The van der Waals surface area contributed by atoms with E-state index < -0.39 is 52.7 Å². The summed E-state index contributed by atoms with van der Waals surface area (Å²) < 4.78 is 57.9. The van der Waals surface area contributed by atoms with Crippen molar-refractivity contribution in [1.82, 2.24) is 5.32 Å². The molecule has 0 spiro atoms. The van der Waals surface area contributed by atoms with Crippen LogP contribution < -0.4 is 5.32 Å². The Kier molecular flexibility index (Phi) is 4.97. The summed E-state index contributed by atoms with van der Waals surface area (Å²) >= 11 is 0. The van der Waals surface area contributed by atoms with E-state index in [9.17, 15) is 32.6 Å². The first-order valence-corrected chi connectivity index (χ1v) is 9.97. The summed E-state index contributed by atoms with van der Waals surface area (Å²) in [5, 5.41) is 24.5. The van der Waals surface area contributed by atoms with E-state index >= 15 is 0 Å². The fourth-order valence-corrected chi connectivity index (χ4v) is 4.64. The lowest BCUT2D eigenvalue weighted by atomic mass is 9.63. The van der Waals surface area contributed by atoms with E-state index in [0.717, 1.165) is 11.5 Å². The largest absolute Gasteiger partial charge is 0.505 e. The summed E-state index contributed by atoms with van der Waals surface area (Å²) in [7, 11) is 0. The summed E-state index contributed by atoms with van der Waals surface area (Å²) in [6, 6.07) is 13.1. The maximum absolute atomic E-state index is 14.6. The van der Waals surface area contributed by atoms with Crippen LogP contribution >= 0.6 is 0 Å². The van der Waals surface area contributed by atoms with Crippen molar-refractivity contribution in [3.8, 4) is 5.75 Å². The normalized spacial score (nSPS) is 22.4. The zero-order valence-electron chi connectivity index (χ0n) is 17.3. The number of carbonyl (C=O) groups is 1. The number of phenols is 1. The first kappa shape index (κ1) is 22.1. The molecule has 2 unspecified atom stereocenters. The average molecular weight is 447 g/mol. The Morgan fingerprint density at radius 1 is 1.06 bits per heavy atom. The number of hydrogen-bond acceptors (Lipinski definition) is 3. The fourth-order valence-electron chi connectivity index (χ4n) is 4.64. The van der Waals surface area contributed by atoms with Crippen LogP contribution in [0.2, 0.25) is 0 Å². The van der Waals surface area contributed by atoms with Gasteiger partial charge in [0.2, 0.25) is 0 Å². The SMILES string of the molecule is CC1(C)CC(O)C(NC(=O)c2ccc3ccccc3c2)(C(F)(F)F)c2ccc(F)c(O)c21. The highest BCUT2D eigenvalue weighted by atomic mass is 19.4. The average Bonchev–Trinajstić information content (AvgIpc) is 2.71. The second-order valence-corrected chi connectivity index (χ2v) is 8.74. The third kappa shape index (κ3) is 3.21. The number of hydrogen-bond donors (Lipinski definition) is 3. The summed E-state index contributed by atoms with van der Waals surface area (Å²) in [6.45, 7) is 3.00. The van der Waals surface area contributed by atoms with Gasteiger partial charge in [0.1, 0.15) is 0 Å². The predicted octanol–water partition coefficient (Wildman–Crippen LogP) is 4.91. The molecule has 0 aliphatic heterocycles. The first-order valence-electron chi connectivity index (χ1n) is 9.97. The van der Waals surface area contributed by atoms with Crippen molar-refractivity contribution in [2.75, 3.05) is 0 Å². The number of fused-ring (bicyclic) bond motifs is 2. The summed E-state index contributed by atoms with van der Waals surface area (Å²) in [4.78, 5) is 13.0. The highest BCUT2D eigenvalue weighted by molar-refractivity contribution is 5.99. The number of alkyl halides is 3. The second kappa shape index (κ2) is 7.20. The van der Waals surface area contributed by atoms with Crippen LogP contribution in [0.5, 0.6) is 5.75 Å². The van der Waals surface area contributed by atoms with Crippen molar-refractivity contribution in [3.05, 3.63) is 77.1 Å². The third-order valence-electron chi connectivity index (χ3n) is 6.20. The molecule has 32 heavy (non-hydrogen) atoms. The van der Waals surface area contributed by atoms with Crippen LogP contribution in [0, 0.1) is 5.82 Å². The lowest BCUT2D eigenvalue weighted by Gasteiger charge is -2.49. The molecule has 0 aromatic heterocycles. The van der Waals surface area contributed by atoms with Gasteiger partial charge in [-0.25, -0.2) is 4.39 Å². The van der Waals surface area contributed by atoms with Gasteiger partial charge in [0.25, 0.3) is 5.91 Å². The van der Waals surface area contributed by atoms with Gasteiger partial charge in [-0.3, -0.25) is 4.79 Å². The topological polar surface area (TPSA) is 69.6 Å². The molecule has 1 aliphatic carbocycles. The van der Waals surface area contributed by atoms with E-state index in [4.69, 9.17) is 0 Å². The van der Waals surface area contributed by atoms with E-state index in [0.29, 0.717) is 11.5 Å². The standard InChI is InChI=1S/C24H21F4NO3/c1-22(2)12-18(30)23(24(26,27)28,16-9-10-17(25)20(31)19(16)22)29-21(32)15-8-7-13-5-3-4-6-14(13)11-15/h3-11,18,30-31H,12H2,1-2H3,(H,29,32). The van der Waals surface area contributed by atoms with Gasteiger partial charge >= 0.3 is 6.18 Å². The minimum Gasteiger partial charge on any atom is -0.505 e. The lowest BCUT2D eigenvalue weighted by molar-refractivity contribution is -0.231. The Morgan fingerprint density at radius 3 is 2.38 bits per heavy atom. The van der Waals surface area contributed by atoms with E-state index in [2.05, 4.69) is 0 Å². The predicted molar refractivity (Wildman–Crippen MR) is 111 cm³/mol. The maximum atomic E-state index is 14.6.